The maximum Gasteiger partial charge on any atom is 0.306 e. The van der Waals surface area contributed by atoms with Crippen LogP contribution in [0.1, 0.15) is 106 Å². The van der Waals surface area contributed by atoms with Crippen LogP contribution in [0.3, 0.4) is 0 Å². The Morgan fingerprint density at radius 1 is 1.00 bits per heavy atom. The van der Waals surface area contributed by atoms with Crippen molar-refractivity contribution < 1.29 is 23.1 Å². The quantitative estimate of drug-likeness (QED) is 0.374. The molecule has 9 heteroatoms. The molecule has 224 valence electrons. The minimum absolute atomic E-state index is 0.124. The van der Waals surface area contributed by atoms with Gasteiger partial charge >= 0.3 is 5.97 Å². The third kappa shape index (κ3) is 6.41. The van der Waals surface area contributed by atoms with Crippen LogP contribution in [0, 0.1) is 18.8 Å². The number of carbonyl (C=O) groups excluding carboxylic acids is 1. The predicted molar refractivity (Wildman–Crippen MR) is 160 cm³/mol. The first kappa shape index (κ1) is 29.8. The average Bonchev–Trinajstić information content (AvgIpc) is 3.19. The van der Waals surface area contributed by atoms with Gasteiger partial charge in [0.25, 0.3) is 5.91 Å². The number of benzene rings is 1. The van der Waals surface area contributed by atoms with Gasteiger partial charge < -0.3 is 15.0 Å². The molecule has 3 N–H and O–H groups in total. The summed E-state index contributed by atoms with van der Waals surface area (Å²) in [4.78, 5) is 25.1. The van der Waals surface area contributed by atoms with E-state index in [2.05, 4.69) is 14.6 Å². The van der Waals surface area contributed by atoms with Crippen LogP contribution in [0.2, 0.25) is 0 Å². The average molecular weight is 584 g/mol. The Kier molecular flexibility index (Phi) is 8.41. The summed E-state index contributed by atoms with van der Waals surface area (Å²) < 4.78 is 32.0. The number of aliphatic carboxylic acids is 1. The zero-order valence-electron chi connectivity index (χ0n) is 24.9. The van der Waals surface area contributed by atoms with E-state index >= 15 is 0 Å². The van der Waals surface area contributed by atoms with Crippen molar-refractivity contribution in [3.63, 3.8) is 0 Å². The fourth-order valence-corrected chi connectivity index (χ4v) is 8.66. The van der Waals surface area contributed by atoms with Crippen molar-refractivity contribution in [1.29, 1.82) is 0 Å². The first-order chi connectivity index (χ1) is 19.3. The fraction of sp³-hybridized carbons (Fsp3) is 0.625. The Balaban J connectivity index is 1.55. The van der Waals surface area contributed by atoms with Gasteiger partial charge in [0.2, 0.25) is 10.0 Å². The summed E-state index contributed by atoms with van der Waals surface area (Å²) in [5, 5.41) is 12.3. The molecule has 2 saturated carbocycles. The van der Waals surface area contributed by atoms with E-state index in [0.29, 0.717) is 35.6 Å². The molecular weight excluding hydrogens is 538 g/mol. The fourth-order valence-electron chi connectivity index (χ4n) is 6.95. The minimum Gasteiger partial charge on any atom is -0.481 e. The number of rotatable bonds is 8. The van der Waals surface area contributed by atoms with E-state index in [1.807, 2.05) is 39.8 Å². The molecular formula is C32H45N3O5S. The second kappa shape index (κ2) is 11.6. The Morgan fingerprint density at radius 3 is 2.29 bits per heavy atom. The van der Waals surface area contributed by atoms with Gasteiger partial charge in [0.1, 0.15) is 0 Å². The molecule has 0 aliphatic heterocycles. The molecule has 2 aromatic rings. The highest BCUT2D eigenvalue weighted by atomic mass is 32.2. The van der Waals surface area contributed by atoms with Gasteiger partial charge in [-0.2, -0.15) is 0 Å². The molecule has 5 rings (SSSR count). The number of nitrogens with one attached hydrogen (secondary N) is 2. The second-order valence-corrected chi connectivity index (χ2v) is 15.1. The van der Waals surface area contributed by atoms with Gasteiger partial charge in [-0.3, -0.25) is 9.59 Å². The van der Waals surface area contributed by atoms with E-state index in [0.717, 1.165) is 53.9 Å². The van der Waals surface area contributed by atoms with Crippen LogP contribution < -0.4 is 10.0 Å². The molecule has 3 aliphatic carbocycles. The molecule has 0 atom stereocenters. The minimum atomic E-state index is -3.69. The number of nitrogens with zero attached hydrogens (tertiary/aromatic N) is 1. The third-order valence-electron chi connectivity index (χ3n) is 9.10. The molecule has 3 aliphatic rings. The zero-order chi connectivity index (χ0) is 29.5. The number of hydrogen-bond acceptors (Lipinski definition) is 4. The molecule has 1 heterocycles. The summed E-state index contributed by atoms with van der Waals surface area (Å²) in [5.41, 5.74) is 4.90. The number of hydrogen-bond donors (Lipinski definition) is 3. The van der Waals surface area contributed by atoms with Crippen molar-refractivity contribution >= 4 is 21.9 Å². The molecule has 1 aromatic heterocycles. The molecule has 41 heavy (non-hydrogen) atoms. The first-order valence-corrected chi connectivity index (χ1v) is 16.8. The predicted octanol–water partition coefficient (Wildman–Crippen LogP) is 5.59. The molecule has 8 nitrogen and oxygen atoms in total. The summed E-state index contributed by atoms with van der Waals surface area (Å²) in [6.45, 7) is 8.39. The third-order valence-corrected chi connectivity index (χ3v) is 10.9. The highest BCUT2D eigenvalue weighted by Crippen LogP contribution is 2.39. The van der Waals surface area contributed by atoms with Gasteiger partial charge in [-0.25, -0.2) is 13.1 Å². The summed E-state index contributed by atoms with van der Waals surface area (Å²) in [5.74, 6) is -0.816. The van der Waals surface area contributed by atoms with Crippen LogP contribution >= 0.6 is 0 Å². The van der Waals surface area contributed by atoms with Gasteiger partial charge in [0.05, 0.1) is 16.4 Å². The van der Waals surface area contributed by atoms with Gasteiger partial charge in [-0.05, 0) is 108 Å². The SMILES string of the molecule is Cc1c(C(=O)NC2CC(C(=O)O)C2)cc(-c2ccc(S(=O)(=O)NC(C)(C)C)c3c2CCCC3)n1CC1CCCCC1. The maximum absolute atomic E-state index is 13.5. The summed E-state index contributed by atoms with van der Waals surface area (Å²) in [6.07, 6.45) is 10.4. The first-order valence-electron chi connectivity index (χ1n) is 15.3. The van der Waals surface area contributed by atoms with E-state index in [1.54, 1.807) is 6.07 Å². The van der Waals surface area contributed by atoms with Gasteiger partial charge in [0, 0.05) is 35.1 Å². The highest BCUT2D eigenvalue weighted by molar-refractivity contribution is 7.89. The molecule has 1 amide bonds. The number of sulfonamides is 1. The molecule has 2 fully saturated rings. The van der Waals surface area contributed by atoms with Crippen LogP contribution in [-0.2, 0) is 34.2 Å². The summed E-state index contributed by atoms with van der Waals surface area (Å²) >= 11 is 0. The van der Waals surface area contributed by atoms with E-state index < -0.39 is 21.5 Å². The van der Waals surface area contributed by atoms with Crippen LogP contribution in [-0.4, -0.2) is 41.5 Å². The topological polar surface area (TPSA) is 118 Å². The largest absolute Gasteiger partial charge is 0.481 e. The van der Waals surface area contributed by atoms with E-state index in [4.69, 9.17) is 0 Å². The summed E-state index contributed by atoms with van der Waals surface area (Å²) in [6, 6.07) is 5.55. The molecule has 0 unspecified atom stereocenters. The van der Waals surface area contributed by atoms with Crippen LogP contribution in [0.5, 0.6) is 0 Å². The lowest BCUT2D eigenvalue weighted by atomic mass is 9.80. The monoisotopic (exact) mass is 583 g/mol. The molecule has 0 saturated heterocycles. The lowest BCUT2D eigenvalue weighted by Gasteiger charge is -2.32. The van der Waals surface area contributed by atoms with Crippen LogP contribution in [0.4, 0.5) is 0 Å². The Morgan fingerprint density at radius 2 is 1.66 bits per heavy atom. The number of carboxylic acid groups (broad SMARTS) is 1. The molecule has 0 bridgehead atoms. The standard InChI is InChI=1S/C32H45N3O5S/c1-20-27(30(36)33-23-16-22(17-23)31(37)38)18-28(35(20)19-21-10-6-5-7-11-21)25-14-15-29(26-13-9-8-12-24(25)26)41(39,40)34-32(2,3)4/h14-15,18,21-23,34H,5-13,16-17,19H2,1-4H3,(H,33,36)(H,37,38). The number of carbonyl (C=O) groups is 2. The van der Waals surface area contributed by atoms with Crippen LogP contribution in [0.15, 0.2) is 23.1 Å². The lowest BCUT2D eigenvalue weighted by molar-refractivity contribution is -0.145. The Hall–Kier alpha value is -2.65. The lowest BCUT2D eigenvalue weighted by Crippen LogP contribution is -2.46. The van der Waals surface area contributed by atoms with Gasteiger partial charge in [-0.1, -0.05) is 25.3 Å². The zero-order valence-corrected chi connectivity index (χ0v) is 25.7. The van der Waals surface area contributed by atoms with Crippen molar-refractivity contribution in [2.75, 3.05) is 0 Å². The van der Waals surface area contributed by atoms with E-state index in [9.17, 15) is 23.1 Å². The number of carboxylic acids is 1. The van der Waals surface area contributed by atoms with Crippen molar-refractivity contribution in [2.24, 2.45) is 11.8 Å². The van der Waals surface area contributed by atoms with Crippen molar-refractivity contribution in [3.05, 3.63) is 40.6 Å². The maximum atomic E-state index is 13.5. The number of aromatic nitrogens is 1. The van der Waals surface area contributed by atoms with Crippen molar-refractivity contribution in [3.8, 4) is 11.3 Å². The normalized spacial score (nSPS) is 21.7. The van der Waals surface area contributed by atoms with Gasteiger partial charge in [0.15, 0.2) is 0 Å². The number of fused-ring (bicyclic) bond motifs is 1. The second-order valence-electron chi connectivity index (χ2n) is 13.5. The van der Waals surface area contributed by atoms with Crippen molar-refractivity contribution in [2.45, 2.75) is 121 Å². The van der Waals surface area contributed by atoms with Gasteiger partial charge in [-0.15, -0.1) is 0 Å². The smallest absolute Gasteiger partial charge is 0.306 e. The van der Waals surface area contributed by atoms with E-state index in [-0.39, 0.29) is 17.9 Å². The number of amides is 1. The van der Waals surface area contributed by atoms with Crippen molar-refractivity contribution in [1.82, 2.24) is 14.6 Å². The highest BCUT2D eigenvalue weighted by Gasteiger charge is 2.36. The van der Waals surface area contributed by atoms with Crippen LogP contribution in [0.25, 0.3) is 11.3 Å². The molecule has 0 spiro atoms. The Bertz CT molecular complexity index is 1420. The summed E-state index contributed by atoms with van der Waals surface area (Å²) in [7, 11) is -3.69. The van der Waals surface area contributed by atoms with E-state index in [1.165, 1.54) is 32.1 Å². The molecule has 0 radical (unpaired) electrons. The Labute approximate surface area is 244 Å². The molecule has 1 aromatic carbocycles.